The molecule has 0 saturated heterocycles. The lowest BCUT2D eigenvalue weighted by Crippen LogP contribution is -1.46. The van der Waals surface area contributed by atoms with Crippen LogP contribution in [0.15, 0.2) is 22.5 Å². The molecule has 0 saturated carbocycles. The molecular formula is C3H4IN3. The van der Waals surface area contributed by atoms with Gasteiger partial charge in [-0.25, -0.2) is 5.53 Å². The first-order valence-corrected chi connectivity index (χ1v) is 2.80. The van der Waals surface area contributed by atoms with Crippen LogP contribution in [0.5, 0.6) is 0 Å². The molecule has 0 aromatic heterocycles. The molecule has 38 valence electrons. The van der Waals surface area contributed by atoms with E-state index in [0.717, 1.165) is 0 Å². The van der Waals surface area contributed by atoms with E-state index in [-0.39, 0.29) is 0 Å². The third-order valence-electron chi connectivity index (χ3n) is 0.284. The molecule has 0 aliphatic rings. The van der Waals surface area contributed by atoms with Crippen molar-refractivity contribution in [1.82, 2.24) is 0 Å². The lowest BCUT2D eigenvalue weighted by Gasteiger charge is -1.64. The van der Waals surface area contributed by atoms with Crippen LogP contribution in [-0.2, 0) is 0 Å². The molecule has 0 bridgehead atoms. The van der Waals surface area contributed by atoms with Gasteiger partial charge in [0.2, 0.25) is 0 Å². The summed E-state index contributed by atoms with van der Waals surface area (Å²) in [7, 11) is 0. The quantitative estimate of drug-likeness (QED) is 0.410. The van der Waals surface area contributed by atoms with Crippen molar-refractivity contribution < 1.29 is 0 Å². The predicted molar refractivity (Wildman–Crippen MR) is 36.8 cm³/mol. The van der Waals surface area contributed by atoms with Crippen LogP contribution < -0.4 is 0 Å². The third kappa shape index (κ3) is 5.74. The highest BCUT2D eigenvalue weighted by Crippen LogP contribution is 1.76. The Balaban J connectivity index is 3.27. The van der Waals surface area contributed by atoms with Gasteiger partial charge in [0.05, 0.1) is 10.4 Å². The molecule has 0 unspecified atom stereocenters. The molecule has 3 nitrogen and oxygen atoms in total. The zero-order chi connectivity index (χ0) is 5.54. The number of rotatable bonds is 2. The van der Waals surface area contributed by atoms with Gasteiger partial charge in [0.15, 0.2) is 0 Å². The first-order valence-electron chi connectivity index (χ1n) is 1.55. The van der Waals surface area contributed by atoms with Crippen molar-refractivity contribution in [1.29, 1.82) is 5.53 Å². The first kappa shape index (κ1) is 6.74. The lowest BCUT2D eigenvalue weighted by atomic mass is 10.9. The lowest BCUT2D eigenvalue weighted by molar-refractivity contribution is 1.14. The number of hydrogen-bond acceptors (Lipinski definition) is 3. The van der Waals surface area contributed by atoms with Gasteiger partial charge in [-0.3, -0.25) is 4.99 Å². The van der Waals surface area contributed by atoms with Crippen molar-refractivity contribution in [3.05, 3.63) is 12.4 Å². The summed E-state index contributed by atoms with van der Waals surface area (Å²) in [6.07, 6.45) is 2.74. The number of nitrogens with one attached hydrogen (secondary N) is 1. The van der Waals surface area contributed by atoms with Crippen molar-refractivity contribution in [3.8, 4) is 0 Å². The summed E-state index contributed by atoms with van der Waals surface area (Å²) in [6.45, 7) is 0. The van der Waals surface area contributed by atoms with E-state index < -0.39 is 0 Å². The molecular weight excluding hydrogens is 205 g/mol. The normalized spacial score (nSPS) is 11.0. The van der Waals surface area contributed by atoms with Crippen LogP contribution in [0, 0.1) is 5.53 Å². The van der Waals surface area contributed by atoms with Gasteiger partial charge >= 0.3 is 0 Å². The molecule has 0 aliphatic heterocycles. The van der Waals surface area contributed by atoms with Crippen LogP contribution in [0.25, 0.3) is 0 Å². The van der Waals surface area contributed by atoms with Gasteiger partial charge in [0.25, 0.3) is 0 Å². The molecule has 0 heterocycles. The topological polar surface area (TPSA) is 48.6 Å². The fourth-order valence-electron chi connectivity index (χ4n) is 0.104. The van der Waals surface area contributed by atoms with Crippen LogP contribution in [0.2, 0.25) is 0 Å². The van der Waals surface area contributed by atoms with Crippen molar-refractivity contribution >= 4 is 26.8 Å². The minimum atomic E-state index is 1.30. The Hall–Kier alpha value is -0.260. The highest BCUT2D eigenvalue weighted by molar-refractivity contribution is 14.1. The maximum Gasteiger partial charge on any atom is 0.0671 e. The monoisotopic (exact) mass is 209 g/mol. The summed E-state index contributed by atoms with van der Waals surface area (Å²) in [4.78, 5) is 3.63. The van der Waals surface area contributed by atoms with Crippen LogP contribution >= 0.6 is 22.6 Å². The van der Waals surface area contributed by atoms with Gasteiger partial charge in [0, 0.05) is 6.20 Å². The van der Waals surface area contributed by atoms with E-state index in [1.54, 1.807) is 4.22 Å². The standard InChI is InChI=1S/C3H4IN3/c4-3-6-1-2-7-5/h1-3,5H/b2-1-,6-3-,7-5?. The number of aliphatic imine (C=N–C) groups is 1. The van der Waals surface area contributed by atoms with Crippen molar-refractivity contribution in [3.63, 3.8) is 0 Å². The maximum atomic E-state index is 6.24. The van der Waals surface area contributed by atoms with E-state index in [1.807, 2.05) is 22.6 Å². The van der Waals surface area contributed by atoms with Crippen LogP contribution in [0.4, 0.5) is 0 Å². The van der Waals surface area contributed by atoms with Gasteiger partial charge in [-0.1, -0.05) is 0 Å². The van der Waals surface area contributed by atoms with Gasteiger partial charge in [-0.05, 0) is 22.6 Å². The Morgan fingerprint density at radius 3 is 2.57 bits per heavy atom. The molecule has 4 heteroatoms. The Morgan fingerprint density at radius 1 is 1.43 bits per heavy atom. The number of nitrogens with zero attached hydrogens (tertiary/aromatic N) is 2. The molecule has 0 rings (SSSR count). The molecule has 0 aliphatic carbocycles. The van der Waals surface area contributed by atoms with E-state index in [4.69, 9.17) is 5.53 Å². The molecule has 0 radical (unpaired) electrons. The second-order valence-electron chi connectivity index (χ2n) is 0.674. The van der Waals surface area contributed by atoms with Gasteiger partial charge in [-0.15, -0.1) is 0 Å². The first-order chi connectivity index (χ1) is 3.41. The van der Waals surface area contributed by atoms with E-state index in [9.17, 15) is 0 Å². The fraction of sp³-hybridized carbons (Fsp3) is 0. The summed E-state index contributed by atoms with van der Waals surface area (Å²) in [6, 6.07) is 0. The van der Waals surface area contributed by atoms with Gasteiger partial charge in [0.1, 0.15) is 0 Å². The number of halogens is 1. The third-order valence-corrected chi connectivity index (χ3v) is 0.605. The van der Waals surface area contributed by atoms with Crippen LogP contribution in [0.1, 0.15) is 0 Å². The van der Waals surface area contributed by atoms with Crippen LogP contribution in [-0.4, -0.2) is 4.22 Å². The van der Waals surface area contributed by atoms with Crippen molar-refractivity contribution in [2.75, 3.05) is 0 Å². The summed E-state index contributed by atoms with van der Waals surface area (Å²) in [5.41, 5.74) is 6.24. The van der Waals surface area contributed by atoms with Gasteiger partial charge in [-0.2, -0.15) is 5.11 Å². The molecule has 0 aromatic carbocycles. The van der Waals surface area contributed by atoms with E-state index in [1.165, 1.54) is 12.4 Å². The molecule has 7 heavy (non-hydrogen) atoms. The Kier molecular flexibility index (Phi) is 5.53. The molecule has 0 atom stereocenters. The summed E-state index contributed by atoms with van der Waals surface area (Å²) >= 11 is 1.98. The van der Waals surface area contributed by atoms with Crippen LogP contribution in [0.3, 0.4) is 0 Å². The second kappa shape index (κ2) is 5.74. The largest absolute Gasteiger partial charge is 0.257 e. The Labute approximate surface area is 55.2 Å². The molecule has 0 fully saturated rings. The van der Waals surface area contributed by atoms with Crippen molar-refractivity contribution in [2.45, 2.75) is 0 Å². The minimum absolute atomic E-state index is 1.30. The van der Waals surface area contributed by atoms with Crippen molar-refractivity contribution in [2.24, 2.45) is 10.1 Å². The zero-order valence-electron chi connectivity index (χ0n) is 3.50. The minimum Gasteiger partial charge on any atom is -0.257 e. The Bertz CT molecular complexity index is 96.4. The summed E-state index contributed by atoms with van der Waals surface area (Å²) < 4.78 is 1.60. The average Bonchev–Trinajstić information content (AvgIpc) is 1.69. The number of hydrogen-bond donors (Lipinski definition) is 1. The summed E-state index contributed by atoms with van der Waals surface area (Å²) in [5.74, 6) is 0. The van der Waals surface area contributed by atoms with E-state index >= 15 is 0 Å². The molecule has 0 aromatic rings. The highest BCUT2D eigenvalue weighted by Gasteiger charge is 1.54. The maximum absolute atomic E-state index is 6.24. The molecule has 1 N–H and O–H groups in total. The SMILES string of the molecule is N=N/C=C\N=C/I. The highest BCUT2D eigenvalue weighted by atomic mass is 127. The second-order valence-corrected chi connectivity index (χ2v) is 1.23. The summed E-state index contributed by atoms with van der Waals surface area (Å²) in [5, 5.41) is 2.93. The molecule has 0 spiro atoms. The fourth-order valence-corrected chi connectivity index (χ4v) is 0.290. The zero-order valence-corrected chi connectivity index (χ0v) is 5.66. The van der Waals surface area contributed by atoms with E-state index in [2.05, 4.69) is 10.1 Å². The van der Waals surface area contributed by atoms with Gasteiger partial charge < -0.3 is 0 Å². The Morgan fingerprint density at radius 2 is 2.14 bits per heavy atom. The average molecular weight is 209 g/mol. The van der Waals surface area contributed by atoms with E-state index in [0.29, 0.717) is 0 Å². The smallest absolute Gasteiger partial charge is 0.0671 e. The predicted octanol–water partition coefficient (Wildman–Crippen LogP) is 1.95. The molecule has 0 amide bonds.